The third-order valence-electron chi connectivity index (χ3n) is 4.16. The minimum Gasteiger partial charge on any atom is -0.481 e. The summed E-state index contributed by atoms with van der Waals surface area (Å²) >= 11 is 0. The standard InChI is InChI=1S/C21H19N3O3/c1-13-2-8-16(9-3-13)17-12-23-21(22)20(24-17)18(25)10-14-4-6-15(7-5-14)11-19(26)27/h2-9,12H,10-11H2,1H3,(H2,22,23)(H,26,27). The van der Waals surface area contributed by atoms with E-state index in [0.717, 1.165) is 16.7 Å². The number of nitrogens with zero attached hydrogens (tertiary/aromatic N) is 2. The first-order valence-corrected chi connectivity index (χ1v) is 8.45. The summed E-state index contributed by atoms with van der Waals surface area (Å²) in [6.07, 6.45) is 1.62. The van der Waals surface area contributed by atoms with Crippen LogP contribution in [0.1, 0.15) is 27.2 Å². The van der Waals surface area contributed by atoms with Crippen LogP contribution in [-0.4, -0.2) is 26.8 Å². The second kappa shape index (κ2) is 7.78. The molecule has 0 aliphatic heterocycles. The predicted octanol–water partition coefficient (Wildman–Crippen LogP) is 3.09. The van der Waals surface area contributed by atoms with Crippen molar-refractivity contribution in [1.82, 2.24) is 9.97 Å². The Kier molecular flexibility index (Phi) is 5.26. The summed E-state index contributed by atoms with van der Waals surface area (Å²) in [5, 5.41) is 8.81. The lowest BCUT2D eigenvalue weighted by Crippen LogP contribution is -2.12. The average Bonchev–Trinajstić information content (AvgIpc) is 2.64. The zero-order valence-electron chi connectivity index (χ0n) is 14.8. The number of carbonyl (C=O) groups is 2. The molecular weight excluding hydrogens is 342 g/mol. The number of aliphatic carboxylic acids is 1. The third-order valence-corrected chi connectivity index (χ3v) is 4.16. The van der Waals surface area contributed by atoms with Gasteiger partial charge < -0.3 is 10.8 Å². The van der Waals surface area contributed by atoms with Crippen LogP contribution in [0.15, 0.2) is 54.7 Å². The maximum atomic E-state index is 12.7. The van der Waals surface area contributed by atoms with Crippen molar-refractivity contribution < 1.29 is 14.7 Å². The molecule has 6 heteroatoms. The Hall–Kier alpha value is -3.54. The maximum Gasteiger partial charge on any atom is 0.307 e. The van der Waals surface area contributed by atoms with E-state index in [-0.39, 0.29) is 30.1 Å². The Morgan fingerprint density at radius 1 is 0.963 bits per heavy atom. The summed E-state index contributed by atoms with van der Waals surface area (Å²) in [5.74, 6) is -1.03. The molecule has 2 aromatic carbocycles. The highest BCUT2D eigenvalue weighted by Crippen LogP contribution is 2.20. The topological polar surface area (TPSA) is 106 Å². The molecule has 0 aliphatic rings. The van der Waals surface area contributed by atoms with Crippen LogP contribution in [0.4, 0.5) is 5.82 Å². The molecule has 0 unspecified atom stereocenters. The molecule has 3 rings (SSSR count). The molecule has 0 aliphatic carbocycles. The molecule has 3 N–H and O–H groups in total. The fraction of sp³-hybridized carbons (Fsp3) is 0.143. The molecule has 0 fully saturated rings. The van der Waals surface area contributed by atoms with E-state index in [4.69, 9.17) is 10.8 Å². The highest BCUT2D eigenvalue weighted by atomic mass is 16.4. The van der Waals surface area contributed by atoms with Crippen LogP contribution in [0.25, 0.3) is 11.3 Å². The fourth-order valence-corrected chi connectivity index (χ4v) is 2.69. The summed E-state index contributed by atoms with van der Waals surface area (Å²) in [4.78, 5) is 31.9. The summed E-state index contributed by atoms with van der Waals surface area (Å²) in [5.41, 5.74) is 10.0. The second-order valence-electron chi connectivity index (χ2n) is 6.34. The molecule has 6 nitrogen and oxygen atoms in total. The highest BCUT2D eigenvalue weighted by Gasteiger charge is 2.15. The van der Waals surface area contributed by atoms with E-state index in [9.17, 15) is 9.59 Å². The molecule has 0 radical (unpaired) electrons. The molecule has 0 bridgehead atoms. The second-order valence-corrected chi connectivity index (χ2v) is 6.34. The van der Waals surface area contributed by atoms with E-state index in [1.165, 1.54) is 0 Å². The van der Waals surface area contributed by atoms with Crippen molar-refractivity contribution in [3.05, 3.63) is 77.1 Å². The first-order chi connectivity index (χ1) is 12.9. The van der Waals surface area contributed by atoms with Crippen molar-refractivity contribution in [2.45, 2.75) is 19.8 Å². The summed E-state index contributed by atoms with van der Waals surface area (Å²) in [6.45, 7) is 2.00. The number of nitrogen functional groups attached to an aromatic ring is 1. The number of aryl methyl sites for hydroxylation is 1. The Morgan fingerprint density at radius 3 is 2.15 bits per heavy atom. The van der Waals surface area contributed by atoms with Gasteiger partial charge in [-0.15, -0.1) is 0 Å². The number of carboxylic acids is 1. The molecular formula is C21H19N3O3. The first kappa shape index (κ1) is 18.3. The molecule has 0 atom stereocenters. The van der Waals surface area contributed by atoms with E-state index in [0.29, 0.717) is 11.3 Å². The van der Waals surface area contributed by atoms with Crippen LogP contribution in [-0.2, 0) is 17.6 Å². The molecule has 0 spiro atoms. The zero-order chi connectivity index (χ0) is 19.4. The van der Waals surface area contributed by atoms with Gasteiger partial charge in [0.15, 0.2) is 11.6 Å². The van der Waals surface area contributed by atoms with Crippen LogP contribution in [0.2, 0.25) is 0 Å². The molecule has 0 amide bonds. The molecule has 1 heterocycles. The molecule has 27 heavy (non-hydrogen) atoms. The number of anilines is 1. The number of carbonyl (C=O) groups excluding carboxylic acids is 1. The van der Waals surface area contributed by atoms with Gasteiger partial charge in [-0.2, -0.15) is 0 Å². The number of hydrogen-bond donors (Lipinski definition) is 2. The molecule has 1 aromatic heterocycles. The maximum absolute atomic E-state index is 12.7. The van der Waals surface area contributed by atoms with Gasteiger partial charge in [-0.05, 0) is 18.1 Å². The van der Waals surface area contributed by atoms with Gasteiger partial charge in [0.1, 0.15) is 5.69 Å². The van der Waals surface area contributed by atoms with Crippen molar-refractivity contribution >= 4 is 17.6 Å². The number of benzene rings is 2. The van der Waals surface area contributed by atoms with Gasteiger partial charge in [0.25, 0.3) is 0 Å². The van der Waals surface area contributed by atoms with Crippen molar-refractivity contribution in [2.75, 3.05) is 5.73 Å². The Bertz CT molecular complexity index is 981. The van der Waals surface area contributed by atoms with Gasteiger partial charge in [-0.1, -0.05) is 54.1 Å². The lowest BCUT2D eigenvalue weighted by Gasteiger charge is -2.07. The average molecular weight is 361 g/mol. The van der Waals surface area contributed by atoms with Gasteiger partial charge in [-0.25, -0.2) is 9.97 Å². The van der Waals surface area contributed by atoms with Crippen molar-refractivity contribution in [3.63, 3.8) is 0 Å². The van der Waals surface area contributed by atoms with Gasteiger partial charge >= 0.3 is 5.97 Å². The summed E-state index contributed by atoms with van der Waals surface area (Å²) in [7, 11) is 0. The largest absolute Gasteiger partial charge is 0.481 e. The SMILES string of the molecule is Cc1ccc(-c2cnc(N)c(C(=O)Cc3ccc(CC(=O)O)cc3)n2)cc1. The van der Waals surface area contributed by atoms with E-state index in [2.05, 4.69) is 9.97 Å². The Morgan fingerprint density at radius 2 is 1.56 bits per heavy atom. The lowest BCUT2D eigenvalue weighted by molar-refractivity contribution is -0.136. The van der Waals surface area contributed by atoms with Crippen LogP contribution in [0.5, 0.6) is 0 Å². The quantitative estimate of drug-likeness (QED) is 0.654. The fourth-order valence-electron chi connectivity index (χ4n) is 2.69. The van der Waals surface area contributed by atoms with E-state index in [1.807, 2.05) is 31.2 Å². The number of carboxylic acid groups (broad SMARTS) is 1. The van der Waals surface area contributed by atoms with Gasteiger partial charge in [0.2, 0.25) is 0 Å². The lowest BCUT2D eigenvalue weighted by atomic mass is 10.0. The number of rotatable bonds is 6. The number of Topliss-reactive ketones (excluding diaryl/α,β-unsaturated/α-hetero) is 1. The van der Waals surface area contributed by atoms with Gasteiger partial charge in [-0.3, -0.25) is 9.59 Å². The summed E-state index contributed by atoms with van der Waals surface area (Å²) < 4.78 is 0. The van der Waals surface area contributed by atoms with Crippen LogP contribution in [0, 0.1) is 6.92 Å². The van der Waals surface area contributed by atoms with Gasteiger partial charge in [0.05, 0.1) is 18.3 Å². The number of nitrogens with two attached hydrogens (primary N) is 1. The van der Waals surface area contributed by atoms with Crippen LogP contribution >= 0.6 is 0 Å². The third kappa shape index (κ3) is 4.55. The van der Waals surface area contributed by atoms with Crippen LogP contribution < -0.4 is 5.73 Å². The van der Waals surface area contributed by atoms with Crippen molar-refractivity contribution in [2.24, 2.45) is 0 Å². The molecule has 3 aromatic rings. The monoisotopic (exact) mass is 361 g/mol. The molecule has 0 saturated heterocycles. The summed E-state index contributed by atoms with van der Waals surface area (Å²) in [6, 6.07) is 14.7. The minimum atomic E-state index is -0.894. The first-order valence-electron chi connectivity index (χ1n) is 8.45. The zero-order valence-corrected chi connectivity index (χ0v) is 14.8. The highest BCUT2D eigenvalue weighted by molar-refractivity contribution is 5.99. The Balaban J connectivity index is 1.80. The van der Waals surface area contributed by atoms with Gasteiger partial charge in [0, 0.05) is 12.0 Å². The van der Waals surface area contributed by atoms with Crippen molar-refractivity contribution in [1.29, 1.82) is 0 Å². The van der Waals surface area contributed by atoms with E-state index in [1.54, 1.807) is 30.5 Å². The number of hydrogen-bond acceptors (Lipinski definition) is 5. The Labute approximate surface area is 156 Å². The van der Waals surface area contributed by atoms with E-state index < -0.39 is 5.97 Å². The minimum absolute atomic E-state index is 0.0504. The van der Waals surface area contributed by atoms with E-state index >= 15 is 0 Å². The normalized spacial score (nSPS) is 10.6. The molecule has 136 valence electrons. The number of aromatic nitrogens is 2. The smallest absolute Gasteiger partial charge is 0.307 e. The van der Waals surface area contributed by atoms with Crippen LogP contribution in [0.3, 0.4) is 0 Å². The number of ketones is 1. The van der Waals surface area contributed by atoms with Crippen molar-refractivity contribution in [3.8, 4) is 11.3 Å². The molecule has 0 saturated carbocycles. The predicted molar refractivity (Wildman–Crippen MR) is 102 cm³/mol.